The summed E-state index contributed by atoms with van der Waals surface area (Å²) >= 11 is 0. The van der Waals surface area contributed by atoms with Gasteiger partial charge in [-0.15, -0.1) is 0 Å². The molecule has 1 aromatic rings. The molecule has 26 heavy (non-hydrogen) atoms. The average Bonchev–Trinajstić information content (AvgIpc) is 2.53. The van der Waals surface area contributed by atoms with Gasteiger partial charge in [-0.2, -0.15) is 4.31 Å². The van der Waals surface area contributed by atoms with E-state index >= 15 is 0 Å². The molecule has 1 saturated heterocycles. The van der Waals surface area contributed by atoms with Crippen molar-refractivity contribution in [2.24, 2.45) is 0 Å². The van der Waals surface area contributed by atoms with Crippen molar-refractivity contribution in [3.8, 4) is 0 Å². The molecule has 2 rings (SSSR count). The van der Waals surface area contributed by atoms with E-state index in [1.807, 2.05) is 51.7 Å². The van der Waals surface area contributed by atoms with Crippen LogP contribution in [0.4, 0.5) is 0 Å². The van der Waals surface area contributed by atoms with Gasteiger partial charge < -0.3 is 10.2 Å². The normalized spacial score (nSPS) is 15.7. The van der Waals surface area contributed by atoms with Crippen LogP contribution in [-0.2, 0) is 14.8 Å². The summed E-state index contributed by atoms with van der Waals surface area (Å²) in [6, 6.07) is 3.57. The van der Waals surface area contributed by atoms with Gasteiger partial charge in [-0.1, -0.05) is 17.7 Å². The van der Waals surface area contributed by atoms with Gasteiger partial charge in [-0.3, -0.25) is 4.79 Å². The Morgan fingerprint density at radius 2 is 1.69 bits per heavy atom. The predicted octanol–water partition coefficient (Wildman–Crippen LogP) is 1.83. The van der Waals surface area contributed by atoms with Crippen LogP contribution >= 0.6 is 0 Å². The summed E-state index contributed by atoms with van der Waals surface area (Å²) in [5, 5.41) is 3.22. The summed E-state index contributed by atoms with van der Waals surface area (Å²) < 4.78 is 28.1. The number of aryl methyl sites for hydroxylation is 3. The first-order valence-electron chi connectivity index (χ1n) is 9.22. The Bertz CT molecular complexity index is 730. The second-order valence-electron chi connectivity index (χ2n) is 7.32. The molecular formula is C19H31N3O3S. The van der Waals surface area contributed by atoms with Crippen molar-refractivity contribution in [3.63, 3.8) is 0 Å². The fraction of sp³-hybridized carbons (Fsp3) is 0.632. The quantitative estimate of drug-likeness (QED) is 0.816. The molecule has 0 bridgehead atoms. The molecule has 1 aromatic carbocycles. The third-order valence-electron chi connectivity index (χ3n) is 4.76. The lowest BCUT2D eigenvalue weighted by atomic mass is 10.1. The molecule has 0 saturated carbocycles. The number of amides is 1. The largest absolute Gasteiger partial charge is 0.340 e. The minimum Gasteiger partial charge on any atom is -0.340 e. The summed E-state index contributed by atoms with van der Waals surface area (Å²) in [7, 11) is -3.65. The minimum atomic E-state index is -3.65. The molecule has 0 radical (unpaired) electrons. The number of rotatable bonds is 6. The summed E-state index contributed by atoms with van der Waals surface area (Å²) in [5.41, 5.74) is 2.55. The van der Waals surface area contributed by atoms with E-state index < -0.39 is 10.0 Å². The molecule has 0 aliphatic carbocycles. The predicted molar refractivity (Wildman–Crippen MR) is 104 cm³/mol. The first kappa shape index (κ1) is 20.9. The molecule has 1 amide bonds. The van der Waals surface area contributed by atoms with Crippen LogP contribution in [0.3, 0.4) is 0 Å². The standard InChI is InChI=1S/C19H31N3O3S/c1-14(2)22(9-6-18(23)21-10-7-20-8-11-21)26(24,25)19-16(4)12-15(3)13-17(19)5/h12-14,20H,6-11H2,1-5H3. The number of benzene rings is 1. The van der Waals surface area contributed by atoms with E-state index in [1.54, 1.807) is 0 Å². The van der Waals surface area contributed by atoms with Gasteiger partial charge in [0.15, 0.2) is 0 Å². The molecule has 1 N–H and O–H groups in total. The molecule has 1 aliphatic rings. The molecule has 0 unspecified atom stereocenters. The molecule has 0 aromatic heterocycles. The second kappa shape index (κ2) is 8.50. The van der Waals surface area contributed by atoms with Crippen molar-refractivity contribution in [1.82, 2.24) is 14.5 Å². The van der Waals surface area contributed by atoms with Gasteiger partial charge in [0.05, 0.1) is 4.90 Å². The van der Waals surface area contributed by atoms with E-state index in [-0.39, 0.29) is 24.9 Å². The lowest BCUT2D eigenvalue weighted by Crippen LogP contribution is -2.47. The maximum atomic E-state index is 13.3. The van der Waals surface area contributed by atoms with E-state index in [9.17, 15) is 13.2 Å². The average molecular weight is 382 g/mol. The van der Waals surface area contributed by atoms with Crippen LogP contribution in [0.25, 0.3) is 0 Å². The van der Waals surface area contributed by atoms with Crippen LogP contribution in [0.15, 0.2) is 17.0 Å². The number of nitrogens with zero attached hydrogens (tertiary/aromatic N) is 2. The van der Waals surface area contributed by atoms with Crippen LogP contribution in [0, 0.1) is 20.8 Å². The number of carbonyl (C=O) groups excluding carboxylic acids is 1. The number of sulfonamides is 1. The third kappa shape index (κ3) is 4.64. The van der Waals surface area contributed by atoms with Gasteiger partial charge in [-0.05, 0) is 45.7 Å². The molecule has 146 valence electrons. The van der Waals surface area contributed by atoms with E-state index in [0.717, 1.165) is 29.8 Å². The van der Waals surface area contributed by atoms with Crippen LogP contribution < -0.4 is 5.32 Å². The maximum Gasteiger partial charge on any atom is 0.243 e. The Kier molecular flexibility index (Phi) is 6.82. The highest BCUT2D eigenvalue weighted by atomic mass is 32.2. The van der Waals surface area contributed by atoms with Crippen molar-refractivity contribution in [3.05, 3.63) is 28.8 Å². The van der Waals surface area contributed by atoms with Gasteiger partial charge in [0, 0.05) is 45.2 Å². The van der Waals surface area contributed by atoms with Gasteiger partial charge >= 0.3 is 0 Å². The maximum absolute atomic E-state index is 13.3. The number of carbonyl (C=O) groups is 1. The molecule has 0 spiro atoms. The molecule has 7 heteroatoms. The lowest BCUT2D eigenvalue weighted by Gasteiger charge is -2.30. The summed E-state index contributed by atoms with van der Waals surface area (Å²) in [6.07, 6.45) is 0.210. The van der Waals surface area contributed by atoms with Gasteiger partial charge in [0.2, 0.25) is 15.9 Å². The fourth-order valence-corrected chi connectivity index (χ4v) is 5.68. The molecule has 6 nitrogen and oxygen atoms in total. The Hall–Kier alpha value is -1.44. The summed E-state index contributed by atoms with van der Waals surface area (Å²) in [6.45, 7) is 12.5. The molecule has 1 aliphatic heterocycles. The van der Waals surface area contributed by atoms with E-state index in [0.29, 0.717) is 18.0 Å². The van der Waals surface area contributed by atoms with Crippen LogP contribution in [0.5, 0.6) is 0 Å². The van der Waals surface area contributed by atoms with E-state index in [1.165, 1.54) is 4.31 Å². The van der Waals surface area contributed by atoms with Gasteiger partial charge in [-0.25, -0.2) is 8.42 Å². The number of hydrogen-bond donors (Lipinski definition) is 1. The Labute approximate surface area is 157 Å². The zero-order valence-corrected chi connectivity index (χ0v) is 17.3. The number of hydrogen-bond acceptors (Lipinski definition) is 4. The Morgan fingerprint density at radius 3 is 2.19 bits per heavy atom. The minimum absolute atomic E-state index is 0.0182. The zero-order chi connectivity index (χ0) is 19.5. The Balaban J connectivity index is 2.22. The molecular weight excluding hydrogens is 350 g/mol. The Morgan fingerprint density at radius 1 is 1.15 bits per heavy atom. The van der Waals surface area contributed by atoms with Gasteiger partial charge in [0.1, 0.15) is 0 Å². The smallest absolute Gasteiger partial charge is 0.243 e. The summed E-state index contributed by atoms with van der Waals surface area (Å²) in [5.74, 6) is 0.0182. The summed E-state index contributed by atoms with van der Waals surface area (Å²) in [4.78, 5) is 14.6. The van der Waals surface area contributed by atoms with Crippen molar-refractivity contribution in [2.45, 2.75) is 52.0 Å². The molecule has 0 atom stereocenters. The van der Waals surface area contributed by atoms with E-state index in [2.05, 4.69) is 5.32 Å². The van der Waals surface area contributed by atoms with Crippen molar-refractivity contribution in [1.29, 1.82) is 0 Å². The van der Waals surface area contributed by atoms with Crippen molar-refractivity contribution in [2.75, 3.05) is 32.7 Å². The lowest BCUT2D eigenvalue weighted by molar-refractivity contribution is -0.131. The number of nitrogens with one attached hydrogen (secondary N) is 1. The number of piperazine rings is 1. The zero-order valence-electron chi connectivity index (χ0n) is 16.5. The fourth-order valence-electron chi connectivity index (χ4n) is 3.63. The topological polar surface area (TPSA) is 69.7 Å². The van der Waals surface area contributed by atoms with Crippen molar-refractivity contribution >= 4 is 15.9 Å². The highest BCUT2D eigenvalue weighted by molar-refractivity contribution is 7.89. The SMILES string of the molecule is Cc1cc(C)c(S(=O)(=O)N(CCC(=O)N2CCNCC2)C(C)C)c(C)c1. The second-order valence-corrected chi connectivity index (χ2v) is 9.15. The first-order valence-corrected chi connectivity index (χ1v) is 10.7. The highest BCUT2D eigenvalue weighted by Crippen LogP contribution is 2.26. The molecule has 1 heterocycles. The third-order valence-corrected chi connectivity index (χ3v) is 7.14. The van der Waals surface area contributed by atoms with Gasteiger partial charge in [0.25, 0.3) is 0 Å². The van der Waals surface area contributed by atoms with Crippen LogP contribution in [-0.4, -0.2) is 62.3 Å². The van der Waals surface area contributed by atoms with E-state index in [4.69, 9.17) is 0 Å². The molecule has 1 fully saturated rings. The highest BCUT2D eigenvalue weighted by Gasteiger charge is 2.31. The monoisotopic (exact) mass is 381 g/mol. The first-order chi connectivity index (χ1) is 12.1. The van der Waals surface area contributed by atoms with Crippen LogP contribution in [0.2, 0.25) is 0 Å². The van der Waals surface area contributed by atoms with Crippen LogP contribution in [0.1, 0.15) is 37.0 Å². The van der Waals surface area contributed by atoms with Crippen molar-refractivity contribution < 1.29 is 13.2 Å².